The number of hydrogen-bond acceptors (Lipinski definition) is 4. The second-order valence-corrected chi connectivity index (χ2v) is 6.17. The summed E-state index contributed by atoms with van der Waals surface area (Å²) < 4.78 is 5.06. The highest BCUT2D eigenvalue weighted by Crippen LogP contribution is 2.14. The third-order valence-electron chi connectivity index (χ3n) is 3.62. The maximum atomic E-state index is 12.0. The van der Waals surface area contributed by atoms with Gasteiger partial charge in [0.1, 0.15) is 11.8 Å². The van der Waals surface area contributed by atoms with Crippen molar-refractivity contribution in [3.05, 3.63) is 24.3 Å². The van der Waals surface area contributed by atoms with E-state index in [9.17, 15) is 14.4 Å². The number of benzene rings is 1. The average molecular weight is 365 g/mol. The minimum atomic E-state index is -0.602. The first-order valence-corrected chi connectivity index (χ1v) is 8.68. The SMILES string of the molecule is CCCNC(=O)[C@H](C)NC(=O)C[NH+](C)CC(=O)Nc1ccc(OC)cc1. The maximum Gasteiger partial charge on any atom is 0.279 e. The van der Waals surface area contributed by atoms with Gasteiger partial charge in [-0.15, -0.1) is 0 Å². The van der Waals surface area contributed by atoms with E-state index in [1.807, 2.05) is 6.92 Å². The Hall–Kier alpha value is -2.61. The quantitative estimate of drug-likeness (QED) is 0.435. The van der Waals surface area contributed by atoms with Gasteiger partial charge in [0.05, 0.1) is 14.2 Å². The first-order chi connectivity index (χ1) is 12.3. The molecule has 0 fully saturated rings. The van der Waals surface area contributed by atoms with E-state index in [1.54, 1.807) is 45.3 Å². The van der Waals surface area contributed by atoms with Crippen LogP contribution in [0.15, 0.2) is 24.3 Å². The van der Waals surface area contributed by atoms with Gasteiger partial charge >= 0.3 is 0 Å². The molecule has 1 aromatic carbocycles. The van der Waals surface area contributed by atoms with Gasteiger partial charge in [0.15, 0.2) is 13.1 Å². The Morgan fingerprint density at radius 2 is 1.73 bits per heavy atom. The highest BCUT2D eigenvalue weighted by atomic mass is 16.5. The zero-order valence-corrected chi connectivity index (χ0v) is 15.8. The third kappa shape index (κ3) is 7.98. The molecule has 0 aromatic heterocycles. The van der Waals surface area contributed by atoms with E-state index in [1.165, 1.54) is 0 Å². The Morgan fingerprint density at radius 3 is 2.31 bits per heavy atom. The molecule has 8 heteroatoms. The lowest BCUT2D eigenvalue weighted by atomic mass is 10.3. The van der Waals surface area contributed by atoms with Crippen molar-refractivity contribution in [1.29, 1.82) is 0 Å². The molecule has 2 atom stereocenters. The molecule has 0 aliphatic heterocycles. The summed E-state index contributed by atoms with van der Waals surface area (Å²) in [4.78, 5) is 36.5. The smallest absolute Gasteiger partial charge is 0.279 e. The van der Waals surface area contributed by atoms with E-state index < -0.39 is 6.04 Å². The van der Waals surface area contributed by atoms with Crippen LogP contribution >= 0.6 is 0 Å². The third-order valence-corrected chi connectivity index (χ3v) is 3.62. The summed E-state index contributed by atoms with van der Waals surface area (Å²) in [5, 5.41) is 8.13. The first kappa shape index (κ1) is 21.4. The zero-order valence-electron chi connectivity index (χ0n) is 15.8. The lowest BCUT2D eigenvalue weighted by Crippen LogP contribution is -3.11. The molecule has 4 N–H and O–H groups in total. The number of anilines is 1. The Balaban J connectivity index is 2.37. The fourth-order valence-electron chi connectivity index (χ4n) is 2.25. The Kier molecular flexibility index (Phi) is 9.14. The Bertz CT molecular complexity index is 604. The number of carbonyl (C=O) groups excluding carboxylic acids is 3. The molecule has 26 heavy (non-hydrogen) atoms. The van der Waals surface area contributed by atoms with Crippen LogP contribution in [-0.4, -0.2) is 57.6 Å². The summed E-state index contributed by atoms with van der Waals surface area (Å²) >= 11 is 0. The van der Waals surface area contributed by atoms with Gasteiger partial charge in [-0.05, 0) is 37.6 Å². The van der Waals surface area contributed by atoms with Gasteiger partial charge in [-0.2, -0.15) is 0 Å². The van der Waals surface area contributed by atoms with Crippen LogP contribution in [0.3, 0.4) is 0 Å². The number of methoxy groups -OCH3 is 1. The lowest BCUT2D eigenvalue weighted by molar-refractivity contribution is -0.862. The van der Waals surface area contributed by atoms with Gasteiger partial charge in [-0.25, -0.2) is 0 Å². The predicted molar refractivity (Wildman–Crippen MR) is 99.1 cm³/mol. The highest BCUT2D eigenvalue weighted by molar-refractivity contribution is 5.91. The van der Waals surface area contributed by atoms with Crippen LogP contribution in [0.25, 0.3) is 0 Å². The average Bonchev–Trinajstić information content (AvgIpc) is 2.59. The van der Waals surface area contributed by atoms with E-state index in [4.69, 9.17) is 4.74 Å². The summed E-state index contributed by atoms with van der Waals surface area (Å²) in [7, 11) is 3.32. The van der Waals surface area contributed by atoms with Crippen LogP contribution < -0.4 is 25.6 Å². The van der Waals surface area contributed by atoms with Crippen molar-refractivity contribution in [3.63, 3.8) is 0 Å². The van der Waals surface area contributed by atoms with Crippen molar-refractivity contribution in [2.75, 3.05) is 39.1 Å². The van der Waals surface area contributed by atoms with E-state index >= 15 is 0 Å². The minimum absolute atomic E-state index is 0.0986. The summed E-state index contributed by atoms with van der Waals surface area (Å²) in [6.07, 6.45) is 0.836. The molecule has 8 nitrogen and oxygen atoms in total. The monoisotopic (exact) mass is 365 g/mol. The summed E-state index contributed by atoms with van der Waals surface area (Å²) in [6.45, 7) is 4.40. The molecule has 144 valence electrons. The number of amides is 3. The normalized spacial score (nSPS) is 12.6. The van der Waals surface area contributed by atoms with Crippen molar-refractivity contribution in [1.82, 2.24) is 10.6 Å². The molecule has 0 heterocycles. The number of rotatable bonds is 10. The number of hydrogen-bond donors (Lipinski definition) is 4. The molecule has 1 unspecified atom stereocenters. The molecule has 0 bridgehead atoms. The van der Waals surface area contributed by atoms with Crippen LogP contribution in [-0.2, 0) is 14.4 Å². The van der Waals surface area contributed by atoms with Gasteiger partial charge in [0.25, 0.3) is 11.8 Å². The van der Waals surface area contributed by atoms with Crippen molar-refractivity contribution < 1.29 is 24.0 Å². The Labute approximate surface area is 154 Å². The summed E-state index contributed by atoms with van der Waals surface area (Å²) in [6, 6.07) is 6.40. The molecular formula is C18H29N4O4+. The molecule has 0 radical (unpaired) electrons. The van der Waals surface area contributed by atoms with Crippen LogP contribution in [0.5, 0.6) is 5.75 Å². The fourth-order valence-corrected chi connectivity index (χ4v) is 2.25. The summed E-state index contributed by atoms with van der Waals surface area (Å²) in [5.74, 6) is 0.0164. The van der Waals surface area contributed by atoms with Crippen LogP contribution in [0.2, 0.25) is 0 Å². The van der Waals surface area contributed by atoms with Crippen molar-refractivity contribution in [2.45, 2.75) is 26.3 Å². The molecule has 3 amide bonds. The van der Waals surface area contributed by atoms with Crippen molar-refractivity contribution in [2.24, 2.45) is 0 Å². The first-order valence-electron chi connectivity index (χ1n) is 8.68. The second kappa shape index (κ2) is 11.1. The molecule has 0 aliphatic rings. The van der Waals surface area contributed by atoms with Gasteiger partial charge < -0.3 is 25.6 Å². The maximum absolute atomic E-state index is 12.0. The minimum Gasteiger partial charge on any atom is -0.497 e. The molecular weight excluding hydrogens is 336 g/mol. The highest BCUT2D eigenvalue weighted by Gasteiger charge is 2.19. The molecule has 0 aliphatic carbocycles. The molecule has 1 aromatic rings. The number of nitrogens with one attached hydrogen (secondary N) is 4. The summed E-state index contributed by atoms with van der Waals surface area (Å²) in [5.41, 5.74) is 0.661. The van der Waals surface area contributed by atoms with Gasteiger partial charge in [0.2, 0.25) is 5.91 Å². The van der Waals surface area contributed by atoms with Crippen molar-refractivity contribution >= 4 is 23.4 Å². The number of likely N-dealkylation sites (N-methyl/N-ethyl adjacent to an activating group) is 1. The van der Waals surface area contributed by atoms with Crippen LogP contribution in [0.4, 0.5) is 5.69 Å². The van der Waals surface area contributed by atoms with Gasteiger partial charge in [0, 0.05) is 12.2 Å². The standard InChI is InChI=1S/C18H28N4O4/c1-5-10-19-18(25)13(2)20-16(23)11-22(3)12-17(24)21-14-6-8-15(26-4)9-7-14/h6-9,13H,5,10-12H2,1-4H3,(H,19,25)(H,20,23)(H,21,24)/p+1/t13-/m0/s1. The molecule has 0 saturated carbocycles. The van der Waals surface area contributed by atoms with Gasteiger partial charge in [-0.1, -0.05) is 6.92 Å². The topological polar surface area (TPSA) is 101 Å². The zero-order chi connectivity index (χ0) is 19.5. The molecule has 0 saturated heterocycles. The van der Waals surface area contributed by atoms with Crippen LogP contribution in [0, 0.1) is 0 Å². The van der Waals surface area contributed by atoms with E-state index in [2.05, 4.69) is 16.0 Å². The second-order valence-electron chi connectivity index (χ2n) is 6.17. The van der Waals surface area contributed by atoms with E-state index in [0.29, 0.717) is 18.0 Å². The largest absolute Gasteiger partial charge is 0.497 e. The van der Waals surface area contributed by atoms with E-state index in [0.717, 1.165) is 11.3 Å². The lowest BCUT2D eigenvalue weighted by Gasteiger charge is -2.17. The number of ether oxygens (including phenoxy) is 1. The molecule has 1 rings (SSSR count). The predicted octanol–water partition coefficient (Wildman–Crippen LogP) is -0.821. The van der Waals surface area contributed by atoms with E-state index in [-0.39, 0.29) is 30.8 Å². The van der Waals surface area contributed by atoms with Crippen molar-refractivity contribution in [3.8, 4) is 5.75 Å². The fraction of sp³-hybridized carbons (Fsp3) is 0.500. The number of quaternary nitrogens is 1. The van der Waals surface area contributed by atoms with Gasteiger partial charge in [-0.3, -0.25) is 14.4 Å². The van der Waals surface area contributed by atoms with Crippen LogP contribution in [0.1, 0.15) is 20.3 Å². The molecule has 0 spiro atoms. The Morgan fingerprint density at radius 1 is 1.12 bits per heavy atom. The number of carbonyl (C=O) groups is 3.